The highest BCUT2D eigenvalue weighted by atomic mass is 35.5. The molecule has 150 valence electrons. The number of aromatic nitrogens is 2. The zero-order valence-corrected chi connectivity index (χ0v) is 14.9. The van der Waals surface area contributed by atoms with E-state index in [1.807, 2.05) is 0 Å². The molecule has 0 fully saturated rings. The number of carboxylic acids is 1. The lowest BCUT2D eigenvalue weighted by Crippen LogP contribution is -2.45. The highest BCUT2D eigenvalue weighted by Crippen LogP contribution is 2.39. The molecule has 2 heterocycles. The molecule has 12 heteroatoms. The van der Waals surface area contributed by atoms with Crippen molar-refractivity contribution < 1.29 is 27.8 Å². The number of amidine groups is 1. The van der Waals surface area contributed by atoms with Crippen LogP contribution in [-0.2, 0) is 10.3 Å². The number of ether oxygens (including phenoxy) is 1. The molecular weight excluding hydrogens is 403 g/mol. The Bertz CT molecular complexity index is 885. The van der Waals surface area contributed by atoms with E-state index in [4.69, 9.17) is 32.9 Å². The van der Waals surface area contributed by atoms with E-state index in [-0.39, 0.29) is 28.8 Å². The van der Waals surface area contributed by atoms with Crippen LogP contribution < -0.4 is 11.5 Å². The summed E-state index contributed by atoms with van der Waals surface area (Å²) in [6, 6.07) is 2.20. The molecule has 0 aliphatic carbocycles. The number of alkyl halides is 2. The van der Waals surface area contributed by atoms with E-state index in [0.29, 0.717) is 0 Å². The van der Waals surface area contributed by atoms with Crippen molar-refractivity contribution in [1.82, 2.24) is 9.97 Å². The molecule has 0 bridgehead atoms. The first kappa shape index (κ1) is 21.4. The Hall–Kier alpha value is -2.92. The highest BCUT2D eigenvalue weighted by molar-refractivity contribution is 6.31. The van der Waals surface area contributed by atoms with Gasteiger partial charge in [-0.3, -0.25) is 9.98 Å². The fourth-order valence-corrected chi connectivity index (χ4v) is 2.56. The highest BCUT2D eigenvalue weighted by Gasteiger charge is 2.46. The number of carbonyl (C=O) groups is 1. The third-order valence-electron chi connectivity index (χ3n) is 3.58. The normalized spacial score (nSPS) is 18.8. The summed E-state index contributed by atoms with van der Waals surface area (Å²) in [7, 11) is 0. The Morgan fingerprint density at radius 1 is 1.32 bits per heavy atom. The Kier molecular flexibility index (Phi) is 6.75. The lowest BCUT2D eigenvalue weighted by molar-refractivity contribution is -0.0145. The summed E-state index contributed by atoms with van der Waals surface area (Å²) in [5, 5.41) is 7.93. The fourth-order valence-electron chi connectivity index (χ4n) is 2.33. The number of aromatic carboxylic acids is 1. The van der Waals surface area contributed by atoms with Crippen molar-refractivity contribution in [1.29, 1.82) is 0 Å². The van der Waals surface area contributed by atoms with E-state index >= 15 is 0 Å². The number of nitrogens with two attached hydrogens (primary N) is 2. The summed E-state index contributed by atoms with van der Waals surface area (Å²) < 4.78 is 45.7. The number of nitrogens with zero attached hydrogens (tertiary/aromatic N) is 3. The van der Waals surface area contributed by atoms with Gasteiger partial charge < -0.3 is 21.3 Å². The van der Waals surface area contributed by atoms with E-state index in [1.54, 1.807) is 0 Å². The van der Waals surface area contributed by atoms with Crippen LogP contribution in [0.3, 0.4) is 0 Å². The van der Waals surface area contributed by atoms with Crippen molar-refractivity contribution >= 4 is 29.1 Å². The topological polar surface area (TPSA) is 137 Å². The van der Waals surface area contributed by atoms with Gasteiger partial charge >= 0.3 is 5.97 Å². The van der Waals surface area contributed by atoms with Crippen LogP contribution >= 0.6 is 11.6 Å². The predicted octanol–water partition coefficient (Wildman–Crippen LogP) is 2.08. The van der Waals surface area contributed by atoms with Crippen LogP contribution in [0.25, 0.3) is 0 Å². The van der Waals surface area contributed by atoms with E-state index < -0.39 is 35.9 Å². The van der Waals surface area contributed by atoms with Gasteiger partial charge in [-0.25, -0.2) is 22.9 Å². The first-order valence-electron chi connectivity index (χ1n) is 7.61. The smallest absolute Gasteiger partial charge is 0.356 e. The van der Waals surface area contributed by atoms with Crippen LogP contribution in [-0.4, -0.2) is 46.5 Å². The summed E-state index contributed by atoms with van der Waals surface area (Å²) in [6.07, 6.45) is 0.941. The van der Waals surface area contributed by atoms with Crippen molar-refractivity contribution in [2.75, 3.05) is 18.9 Å². The predicted molar refractivity (Wildman–Crippen MR) is 94.9 cm³/mol. The van der Waals surface area contributed by atoms with Crippen LogP contribution in [0.5, 0.6) is 0 Å². The second kappa shape index (κ2) is 8.85. The maximum Gasteiger partial charge on any atom is 0.356 e. The van der Waals surface area contributed by atoms with Crippen molar-refractivity contribution in [2.24, 2.45) is 10.7 Å². The standard InChI is InChI=1S/C11H11ClF3N3O.C5H4N2O2/c12-7-2-5(16)1-6(9(7)13)11(10(14)15)4-19-3-8(17)18-11;8-5(9)4-3-6-1-2-7-4/h1-2,10H,3-4,16H2,(H2,17,18);1-3H,(H,8,9)/t11-;/m0./s1. The van der Waals surface area contributed by atoms with Crippen molar-refractivity contribution in [3.05, 3.63) is 52.8 Å². The molecule has 1 aliphatic rings. The Morgan fingerprint density at radius 2 is 2.04 bits per heavy atom. The van der Waals surface area contributed by atoms with Crippen molar-refractivity contribution in [3.8, 4) is 0 Å². The largest absolute Gasteiger partial charge is 0.476 e. The second-order valence-electron chi connectivity index (χ2n) is 5.58. The number of carboxylic acid groups (broad SMARTS) is 1. The molecule has 5 N–H and O–H groups in total. The minimum absolute atomic E-state index is 0.0301. The van der Waals surface area contributed by atoms with Gasteiger partial charge in [0.15, 0.2) is 11.2 Å². The molecule has 8 nitrogen and oxygen atoms in total. The van der Waals surface area contributed by atoms with E-state index in [2.05, 4.69) is 15.0 Å². The molecule has 28 heavy (non-hydrogen) atoms. The summed E-state index contributed by atoms with van der Waals surface area (Å²) in [4.78, 5) is 20.9. The number of hydrogen-bond acceptors (Lipinski definition) is 7. The fraction of sp³-hybridized carbons (Fsp3) is 0.250. The number of hydrogen-bond donors (Lipinski definition) is 3. The molecule has 3 rings (SSSR count). The van der Waals surface area contributed by atoms with Gasteiger partial charge in [-0.15, -0.1) is 0 Å². The SMILES string of the molecule is NC1=N[C@@](c2cc(N)cc(Cl)c2F)(C(F)F)COC1.O=C(O)c1cnccn1. The first-order valence-corrected chi connectivity index (χ1v) is 7.99. The maximum absolute atomic E-state index is 14.0. The number of benzene rings is 1. The number of halogens is 4. The van der Waals surface area contributed by atoms with Gasteiger partial charge in [0.05, 0.1) is 17.8 Å². The number of aliphatic imine (C=N–C) groups is 1. The van der Waals surface area contributed by atoms with Gasteiger partial charge in [-0.2, -0.15) is 0 Å². The molecule has 1 aromatic carbocycles. The molecule has 0 saturated heterocycles. The summed E-state index contributed by atoms with van der Waals surface area (Å²) in [5.41, 5.74) is 8.32. The molecule has 1 atom stereocenters. The molecule has 1 aliphatic heterocycles. The number of anilines is 1. The minimum Gasteiger partial charge on any atom is -0.476 e. The quantitative estimate of drug-likeness (QED) is 0.650. The maximum atomic E-state index is 14.0. The van der Waals surface area contributed by atoms with Crippen LogP contribution in [0, 0.1) is 5.82 Å². The van der Waals surface area contributed by atoms with Gasteiger partial charge in [-0.1, -0.05) is 11.6 Å². The molecule has 0 saturated carbocycles. The second-order valence-corrected chi connectivity index (χ2v) is 5.99. The van der Waals surface area contributed by atoms with Gasteiger partial charge in [0.1, 0.15) is 18.3 Å². The lowest BCUT2D eigenvalue weighted by Gasteiger charge is -2.33. The molecule has 0 spiro atoms. The minimum atomic E-state index is -3.02. The zero-order chi connectivity index (χ0) is 20.9. The van der Waals surface area contributed by atoms with Crippen LogP contribution in [0.15, 0.2) is 35.7 Å². The van der Waals surface area contributed by atoms with Crippen molar-refractivity contribution in [3.63, 3.8) is 0 Å². The Balaban J connectivity index is 0.000000261. The molecule has 0 unspecified atom stereocenters. The number of rotatable bonds is 3. The molecule has 0 amide bonds. The van der Waals surface area contributed by atoms with Gasteiger partial charge in [0, 0.05) is 23.6 Å². The molecule has 2 aromatic rings. The average molecular weight is 418 g/mol. The van der Waals surface area contributed by atoms with Crippen LogP contribution in [0.2, 0.25) is 5.02 Å². The third-order valence-corrected chi connectivity index (χ3v) is 3.85. The Morgan fingerprint density at radius 3 is 2.54 bits per heavy atom. The van der Waals surface area contributed by atoms with Crippen molar-refractivity contribution in [2.45, 2.75) is 12.0 Å². The van der Waals surface area contributed by atoms with Gasteiger partial charge in [0.25, 0.3) is 6.43 Å². The summed E-state index contributed by atoms with van der Waals surface area (Å²) >= 11 is 5.62. The van der Waals surface area contributed by atoms with Gasteiger partial charge in [0.2, 0.25) is 0 Å². The van der Waals surface area contributed by atoms with E-state index in [0.717, 1.165) is 12.1 Å². The molecule has 1 aromatic heterocycles. The molecule has 0 radical (unpaired) electrons. The average Bonchev–Trinajstić information content (AvgIpc) is 2.65. The van der Waals surface area contributed by atoms with Gasteiger partial charge in [-0.05, 0) is 12.1 Å². The van der Waals surface area contributed by atoms with E-state index in [9.17, 15) is 18.0 Å². The van der Waals surface area contributed by atoms with E-state index in [1.165, 1.54) is 18.6 Å². The monoisotopic (exact) mass is 417 g/mol. The van der Waals surface area contributed by atoms with Crippen LogP contribution in [0.1, 0.15) is 16.1 Å². The first-order chi connectivity index (χ1) is 13.2. The third kappa shape index (κ3) is 4.67. The zero-order valence-electron chi connectivity index (χ0n) is 14.2. The summed E-state index contributed by atoms with van der Waals surface area (Å²) in [5.74, 6) is -2.19. The van der Waals surface area contributed by atoms with Crippen LogP contribution in [0.4, 0.5) is 18.9 Å². The lowest BCUT2D eigenvalue weighted by atomic mass is 9.90. The Labute approximate surface area is 162 Å². The number of nitrogen functional groups attached to an aromatic ring is 1. The summed E-state index contributed by atoms with van der Waals surface area (Å²) in [6.45, 7) is -0.575. The molecular formula is C16H15ClF3N5O3.